The number of phenols is 1. The fourth-order valence-electron chi connectivity index (χ4n) is 3.44. The Balaban J connectivity index is 1.64. The molecule has 4 aromatic rings. The van der Waals surface area contributed by atoms with Crippen LogP contribution in [0.5, 0.6) is 5.75 Å². The highest BCUT2D eigenvalue weighted by molar-refractivity contribution is 9.11. The van der Waals surface area contributed by atoms with Crippen molar-refractivity contribution in [2.45, 2.75) is 6.92 Å². The van der Waals surface area contributed by atoms with E-state index in [1.165, 1.54) is 24.4 Å². The predicted molar refractivity (Wildman–Crippen MR) is 133 cm³/mol. The number of hydrazone groups is 1. The molecular weight excluding hydrogens is 556 g/mol. The van der Waals surface area contributed by atoms with Crippen molar-refractivity contribution in [2.24, 2.45) is 5.10 Å². The van der Waals surface area contributed by atoms with Crippen LogP contribution in [0.3, 0.4) is 0 Å². The summed E-state index contributed by atoms with van der Waals surface area (Å²) in [7, 11) is 0. The number of hydrogen-bond acceptors (Lipinski definition) is 6. The highest BCUT2D eigenvalue weighted by Gasteiger charge is 2.21. The molecule has 10 heteroatoms. The number of aromatic hydroxyl groups is 1. The molecule has 2 aromatic heterocycles. The van der Waals surface area contributed by atoms with Crippen LogP contribution in [0.1, 0.15) is 27.2 Å². The zero-order valence-corrected chi connectivity index (χ0v) is 20.3. The molecular formula is C23H16Br2N4O4. The number of carbonyl (C=O) groups is 1. The number of fused-ring (bicyclic) bond motifs is 1. The van der Waals surface area contributed by atoms with Gasteiger partial charge in [-0.2, -0.15) is 5.10 Å². The second-order valence-electron chi connectivity index (χ2n) is 7.19. The Morgan fingerprint density at radius 2 is 1.88 bits per heavy atom. The summed E-state index contributed by atoms with van der Waals surface area (Å²) in [6.07, 6.45) is 3.24. The van der Waals surface area contributed by atoms with Crippen molar-refractivity contribution in [2.75, 3.05) is 5.43 Å². The predicted octanol–water partition coefficient (Wildman–Crippen LogP) is 6.06. The number of nitrogens with zero attached hydrogens (tertiary/aromatic N) is 3. The van der Waals surface area contributed by atoms with Gasteiger partial charge in [0, 0.05) is 23.3 Å². The van der Waals surface area contributed by atoms with E-state index in [1.54, 1.807) is 22.7 Å². The van der Waals surface area contributed by atoms with Gasteiger partial charge in [-0.25, -0.2) is 0 Å². The first-order valence-electron chi connectivity index (χ1n) is 9.63. The Labute approximate surface area is 205 Å². The number of halogens is 2. The molecule has 0 aliphatic carbocycles. The first kappa shape index (κ1) is 22.7. The molecule has 0 radical (unpaired) electrons. The van der Waals surface area contributed by atoms with Crippen molar-refractivity contribution in [1.29, 1.82) is 0 Å². The minimum Gasteiger partial charge on any atom is -0.506 e. The molecule has 0 aliphatic rings. The van der Waals surface area contributed by atoms with E-state index < -0.39 is 4.92 Å². The monoisotopic (exact) mass is 570 g/mol. The zero-order valence-electron chi connectivity index (χ0n) is 17.1. The molecule has 0 fully saturated rings. The Morgan fingerprint density at radius 1 is 1.15 bits per heavy atom. The number of ketones is 1. The molecule has 0 unspecified atom stereocenters. The number of pyridine rings is 1. The number of aromatic nitrogens is 1. The van der Waals surface area contributed by atoms with Crippen molar-refractivity contribution in [3.63, 3.8) is 0 Å². The molecule has 166 valence electrons. The molecule has 0 saturated carbocycles. The van der Waals surface area contributed by atoms with Crippen LogP contribution in [0.25, 0.3) is 5.52 Å². The summed E-state index contributed by atoms with van der Waals surface area (Å²) < 4.78 is 2.72. The van der Waals surface area contributed by atoms with Crippen LogP contribution in [0.15, 0.2) is 74.8 Å². The van der Waals surface area contributed by atoms with E-state index >= 15 is 0 Å². The quantitative estimate of drug-likeness (QED) is 0.126. The number of aryl methyl sites for hydroxylation is 1. The fraction of sp³-hybridized carbons (Fsp3) is 0.0435. The molecule has 2 heterocycles. The summed E-state index contributed by atoms with van der Waals surface area (Å²) >= 11 is 6.47. The van der Waals surface area contributed by atoms with Crippen LogP contribution in [-0.4, -0.2) is 26.4 Å². The van der Waals surface area contributed by atoms with Gasteiger partial charge in [-0.15, -0.1) is 0 Å². The molecule has 2 aromatic carbocycles. The van der Waals surface area contributed by atoms with Gasteiger partial charge in [0.25, 0.3) is 5.69 Å². The minimum absolute atomic E-state index is 0.0574. The first-order valence-corrected chi connectivity index (χ1v) is 11.2. The lowest BCUT2D eigenvalue weighted by atomic mass is 10.0. The molecule has 0 spiro atoms. The summed E-state index contributed by atoms with van der Waals surface area (Å²) in [6, 6.07) is 15.0. The maximum Gasteiger partial charge on any atom is 0.294 e. The standard InChI is InChI=1S/C23H16Br2N4O4/c1-13-8-16-4-2-3-7-28(16)21(13)22(30)15-5-6-19(20(11-15)29(32)33)27-26-12-14-9-17(24)23(31)18(25)10-14/h2-12,27,31H,1H3. The SMILES string of the molecule is Cc1cc2ccccn2c1C(=O)c1ccc(NN=Cc2cc(Br)c(O)c(Br)c2)c([N+](=O)[O-])c1. The fourth-order valence-corrected chi connectivity index (χ4v) is 4.66. The topological polar surface area (TPSA) is 109 Å². The second kappa shape index (κ2) is 9.16. The largest absolute Gasteiger partial charge is 0.506 e. The number of rotatable bonds is 6. The molecule has 4 rings (SSSR count). The summed E-state index contributed by atoms with van der Waals surface area (Å²) in [5.74, 6) is -0.252. The third-order valence-corrected chi connectivity index (χ3v) is 6.19. The van der Waals surface area contributed by atoms with Crippen LogP contribution in [0.4, 0.5) is 11.4 Å². The van der Waals surface area contributed by atoms with Gasteiger partial charge in [-0.05, 0) is 92.4 Å². The smallest absolute Gasteiger partial charge is 0.294 e. The van der Waals surface area contributed by atoms with E-state index in [0.717, 1.165) is 11.1 Å². The van der Waals surface area contributed by atoms with E-state index in [4.69, 9.17) is 0 Å². The highest BCUT2D eigenvalue weighted by atomic mass is 79.9. The van der Waals surface area contributed by atoms with E-state index in [9.17, 15) is 20.0 Å². The van der Waals surface area contributed by atoms with E-state index in [-0.39, 0.29) is 28.5 Å². The maximum absolute atomic E-state index is 13.2. The zero-order chi connectivity index (χ0) is 23.7. The Bertz CT molecular complexity index is 1420. The number of anilines is 1. The van der Waals surface area contributed by atoms with Gasteiger partial charge in [-0.3, -0.25) is 20.3 Å². The number of nitro groups is 1. The Hall–Kier alpha value is -3.50. The van der Waals surface area contributed by atoms with Crippen molar-refractivity contribution >= 4 is 60.7 Å². The third kappa shape index (κ3) is 4.53. The van der Waals surface area contributed by atoms with Crippen LogP contribution in [0.2, 0.25) is 0 Å². The number of benzene rings is 2. The van der Waals surface area contributed by atoms with Crippen LogP contribution < -0.4 is 5.43 Å². The lowest BCUT2D eigenvalue weighted by Gasteiger charge is -2.07. The molecule has 2 N–H and O–H groups in total. The van der Waals surface area contributed by atoms with Crippen molar-refractivity contribution in [3.05, 3.63) is 102 Å². The third-order valence-electron chi connectivity index (χ3n) is 4.98. The number of nitrogens with one attached hydrogen (secondary N) is 1. The summed E-state index contributed by atoms with van der Waals surface area (Å²) in [5.41, 5.74) is 5.48. The average molecular weight is 572 g/mol. The van der Waals surface area contributed by atoms with Crippen molar-refractivity contribution in [1.82, 2.24) is 4.40 Å². The van der Waals surface area contributed by atoms with Gasteiger partial charge in [0.2, 0.25) is 5.78 Å². The van der Waals surface area contributed by atoms with Crippen molar-refractivity contribution in [3.8, 4) is 5.75 Å². The number of hydrogen-bond donors (Lipinski definition) is 2. The lowest BCUT2D eigenvalue weighted by molar-refractivity contribution is -0.384. The van der Waals surface area contributed by atoms with Gasteiger partial charge in [-0.1, -0.05) is 6.07 Å². The molecule has 0 aliphatic heterocycles. The summed E-state index contributed by atoms with van der Waals surface area (Å²) in [4.78, 5) is 24.3. The number of carbonyl (C=O) groups excluding carboxylic acids is 1. The first-order chi connectivity index (χ1) is 15.8. The van der Waals surface area contributed by atoms with Gasteiger partial charge in [0.1, 0.15) is 11.4 Å². The molecule has 33 heavy (non-hydrogen) atoms. The molecule has 8 nitrogen and oxygen atoms in total. The molecule has 0 bridgehead atoms. The highest BCUT2D eigenvalue weighted by Crippen LogP contribution is 2.33. The van der Waals surface area contributed by atoms with Crippen LogP contribution >= 0.6 is 31.9 Å². The number of nitro benzene ring substituents is 1. The van der Waals surface area contributed by atoms with E-state index in [0.29, 0.717) is 20.2 Å². The van der Waals surface area contributed by atoms with Gasteiger partial charge in [0.15, 0.2) is 0 Å². The van der Waals surface area contributed by atoms with Gasteiger partial charge in [0.05, 0.1) is 25.8 Å². The minimum atomic E-state index is -0.564. The maximum atomic E-state index is 13.2. The molecule has 0 amide bonds. The molecule has 0 atom stereocenters. The van der Waals surface area contributed by atoms with Gasteiger partial charge >= 0.3 is 0 Å². The van der Waals surface area contributed by atoms with E-state index in [2.05, 4.69) is 42.4 Å². The second-order valence-corrected chi connectivity index (χ2v) is 8.90. The normalized spacial score (nSPS) is 11.2. The average Bonchev–Trinajstić information content (AvgIpc) is 3.12. The van der Waals surface area contributed by atoms with Crippen LogP contribution in [-0.2, 0) is 0 Å². The van der Waals surface area contributed by atoms with Crippen LogP contribution in [0, 0.1) is 17.0 Å². The van der Waals surface area contributed by atoms with E-state index in [1.807, 2.05) is 31.2 Å². The Morgan fingerprint density at radius 3 is 2.58 bits per heavy atom. The molecule has 0 saturated heterocycles. The van der Waals surface area contributed by atoms with Gasteiger partial charge < -0.3 is 9.51 Å². The summed E-state index contributed by atoms with van der Waals surface area (Å²) in [6.45, 7) is 1.83. The number of phenolic OH excluding ortho intramolecular Hbond substituents is 1. The lowest BCUT2D eigenvalue weighted by Crippen LogP contribution is -2.08. The summed E-state index contributed by atoms with van der Waals surface area (Å²) in [5, 5.41) is 25.5. The Kier molecular flexibility index (Phi) is 6.30. The van der Waals surface area contributed by atoms with Crippen molar-refractivity contribution < 1.29 is 14.8 Å².